The van der Waals surface area contributed by atoms with Crippen molar-refractivity contribution in [3.63, 3.8) is 0 Å². The van der Waals surface area contributed by atoms with Crippen LogP contribution in [-0.4, -0.2) is 31.7 Å². The third kappa shape index (κ3) is 3.33. The van der Waals surface area contributed by atoms with Gasteiger partial charge in [-0.05, 0) is 36.8 Å². The molecule has 0 saturated carbocycles. The molecular weight excluding hydrogens is 389 g/mol. The standard InChI is InChI=1S/C21H18FN5O3/c1-2-28-14-9-7-13(8-10-14)18-11-27-17(12-29-18)19(24-26-27)21-23-20(25-30-21)15-5-3-4-6-16(15)22/h3-10,18H,2,11-12H2,1H3. The van der Waals surface area contributed by atoms with E-state index in [9.17, 15) is 4.39 Å². The van der Waals surface area contributed by atoms with Crippen molar-refractivity contribution in [3.05, 3.63) is 65.6 Å². The van der Waals surface area contributed by atoms with Gasteiger partial charge < -0.3 is 14.0 Å². The van der Waals surface area contributed by atoms with Crippen LogP contribution in [0.3, 0.4) is 0 Å². The van der Waals surface area contributed by atoms with E-state index in [1.54, 1.807) is 22.9 Å². The first-order valence-corrected chi connectivity index (χ1v) is 9.58. The molecule has 0 bridgehead atoms. The molecule has 0 saturated heterocycles. The summed E-state index contributed by atoms with van der Waals surface area (Å²) in [5.74, 6) is 0.741. The summed E-state index contributed by atoms with van der Waals surface area (Å²) in [6.07, 6.45) is -0.153. The molecule has 0 spiro atoms. The lowest BCUT2D eigenvalue weighted by molar-refractivity contribution is -0.00119. The second-order valence-corrected chi connectivity index (χ2v) is 6.77. The lowest BCUT2D eigenvalue weighted by Gasteiger charge is -2.24. The van der Waals surface area contributed by atoms with Crippen LogP contribution in [-0.2, 0) is 17.9 Å². The molecule has 3 heterocycles. The van der Waals surface area contributed by atoms with Gasteiger partial charge in [0.25, 0.3) is 5.89 Å². The van der Waals surface area contributed by atoms with Gasteiger partial charge in [-0.1, -0.05) is 34.6 Å². The lowest BCUT2D eigenvalue weighted by atomic mass is 10.1. The molecule has 0 amide bonds. The molecule has 1 unspecified atom stereocenters. The van der Waals surface area contributed by atoms with Gasteiger partial charge in [0.2, 0.25) is 5.82 Å². The van der Waals surface area contributed by atoms with E-state index < -0.39 is 5.82 Å². The first kappa shape index (κ1) is 18.4. The monoisotopic (exact) mass is 407 g/mol. The fourth-order valence-corrected chi connectivity index (χ4v) is 3.40. The first-order chi connectivity index (χ1) is 14.7. The topological polar surface area (TPSA) is 88.1 Å². The van der Waals surface area contributed by atoms with Gasteiger partial charge in [0.05, 0.1) is 31.0 Å². The minimum absolute atomic E-state index is 0.153. The number of ether oxygens (including phenoxy) is 2. The molecular formula is C21H18FN5O3. The highest BCUT2D eigenvalue weighted by molar-refractivity contribution is 5.59. The van der Waals surface area contributed by atoms with Crippen LogP contribution < -0.4 is 4.74 Å². The summed E-state index contributed by atoms with van der Waals surface area (Å²) in [5.41, 5.74) is 2.47. The number of fused-ring (bicyclic) bond motifs is 1. The molecule has 8 nitrogen and oxygen atoms in total. The van der Waals surface area contributed by atoms with Gasteiger partial charge in [-0.25, -0.2) is 9.07 Å². The quantitative estimate of drug-likeness (QED) is 0.497. The van der Waals surface area contributed by atoms with Crippen molar-refractivity contribution in [1.29, 1.82) is 0 Å². The largest absolute Gasteiger partial charge is 0.494 e. The van der Waals surface area contributed by atoms with Gasteiger partial charge in [-0.15, -0.1) is 5.10 Å². The second kappa shape index (κ2) is 7.68. The number of aromatic nitrogens is 5. The van der Waals surface area contributed by atoms with E-state index in [1.807, 2.05) is 31.2 Å². The summed E-state index contributed by atoms with van der Waals surface area (Å²) in [6.45, 7) is 3.37. The molecule has 2 aromatic heterocycles. The van der Waals surface area contributed by atoms with E-state index in [1.165, 1.54) is 6.07 Å². The first-order valence-electron chi connectivity index (χ1n) is 9.58. The van der Waals surface area contributed by atoms with Crippen LogP contribution in [0.4, 0.5) is 4.39 Å². The minimum atomic E-state index is -0.420. The van der Waals surface area contributed by atoms with Crippen molar-refractivity contribution < 1.29 is 18.4 Å². The molecule has 0 N–H and O–H groups in total. The van der Waals surface area contributed by atoms with Crippen LogP contribution >= 0.6 is 0 Å². The molecule has 0 fully saturated rings. The average Bonchev–Trinajstić information content (AvgIpc) is 3.41. The molecule has 4 aromatic rings. The smallest absolute Gasteiger partial charge is 0.280 e. The second-order valence-electron chi connectivity index (χ2n) is 6.77. The molecule has 1 aliphatic rings. The van der Waals surface area contributed by atoms with Crippen LogP contribution in [0.5, 0.6) is 5.75 Å². The fourth-order valence-electron chi connectivity index (χ4n) is 3.40. The number of nitrogens with zero attached hydrogens (tertiary/aromatic N) is 5. The van der Waals surface area contributed by atoms with Crippen molar-refractivity contribution in [1.82, 2.24) is 25.1 Å². The number of halogens is 1. The summed E-state index contributed by atoms with van der Waals surface area (Å²) in [6, 6.07) is 14.1. The van der Waals surface area contributed by atoms with E-state index in [2.05, 4.69) is 20.5 Å². The third-order valence-corrected chi connectivity index (χ3v) is 4.90. The number of benzene rings is 2. The zero-order valence-electron chi connectivity index (χ0n) is 16.2. The van der Waals surface area contributed by atoms with Crippen molar-refractivity contribution in [2.24, 2.45) is 0 Å². The highest BCUT2D eigenvalue weighted by Crippen LogP contribution is 2.31. The summed E-state index contributed by atoms with van der Waals surface area (Å²) < 4.78 is 32.6. The highest BCUT2D eigenvalue weighted by Gasteiger charge is 2.28. The van der Waals surface area contributed by atoms with Crippen molar-refractivity contribution in [3.8, 4) is 28.7 Å². The number of rotatable bonds is 5. The summed E-state index contributed by atoms with van der Waals surface area (Å²) in [5, 5.41) is 12.3. The third-order valence-electron chi connectivity index (χ3n) is 4.90. The van der Waals surface area contributed by atoms with Crippen LogP contribution in [0.15, 0.2) is 53.1 Å². The molecule has 0 radical (unpaired) electrons. The Morgan fingerprint density at radius 1 is 1.17 bits per heavy atom. The molecule has 2 aromatic carbocycles. The van der Waals surface area contributed by atoms with Crippen LogP contribution in [0.1, 0.15) is 24.3 Å². The molecule has 30 heavy (non-hydrogen) atoms. The Balaban J connectivity index is 1.37. The van der Waals surface area contributed by atoms with Gasteiger partial charge in [-0.2, -0.15) is 4.98 Å². The van der Waals surface area contributed by atoms with Crippen molar-refractivity contribution >= 4 is 0 Å². The fraction of sp³-hybridized carbons (Fsp3) is 0.238. The van der Waals surface area contributed by atoms with Gasteiger partial charge in [0, 0.05) is 0 Å². The zero-order valence-corrected chi connectivity index (χ0v) is 16.2. The molecule has 5 rings (SSSR count). The Hall–Kier alpha value is -3.59. The minimum Gasteiger partial charge on any atom is -0.494 e. The summed E-state index contributed by atoms with van der Waals surface area (Å²) in [4.78, 5) is 4.29. The van der Waals surface area contributed by atoms with Crippen LogP contribution in [0.2, 0.25) is 0 Å². The molecule has 1 aliphatic heterocycles. The predicted octanol–water partition coefficient (Wildman–Crippen LogP) is 3.80. The summed E-state index contributed by atoms with van der Waals surface area (Å²) >= 11 is 0. The van der Waals surface area contributed by atoms with Crippen LogP contribution in [0, 0.1) is 5.82 Å². The van der Waals surface area contributed by atoms with Gasteiger partial charge in [0.15, 0.2) is 5.69 Å². The van der Waals surface area contributed by atoms with E-state index in [-0.39, 0.29) is 30.0 Å². The predicted molar refractivity (Wildman–Crippen MR) is 104 cm³/mol. The Morgan fingerprint density at radius 2 is 2.00 bits per heavy atom. The Labute approximate surface area is 171 Å². The lowest BCUT2D eigenvalue weighted by Crippen LogP contribution is -2.22. The number of hydrogen-bond acceptors (Lipinski definition) is 7. The Bertz CT molecular complexity index is 1170. The van der Waals surface area contributed by atoms with Gasteiger partial charge in [-0.3, -0.25) is 0 Å². The van der Waals surface area contributed by atoms with E-state index in [0.717, 1.165) is 17.0 Å². The van der Waals surface area contributed by atoms with Gasteiger partial charge >= 0.3 is 0 Å². The molecule has 9 heteroatoms. The average molecular weight is 407 g/mol. The van der Waals surface area contributed by atoms with E-state index in [0.29, 0.717) is 18.8 Å². The van der Waals surface area contributed by atoms with Gasteiger partial charge in [0.1, 0.15) is 17.7 Å². The van der Waals surface area contributed by atoms with Crippen LogP contribution in [0.25, 0.3) is 23.0 Å². The molecule has 1 atom stereocenters. The maximum absolute atomic E-state index is 14.0. The Morgan fingerprint density at radius 3 is 2.80 bits per heavy atom. The van der Waals surface area contributed by atoms with E-state index in [4.69, 9.17) is 14.0 Å². The Kier molecular flexibility index (Phi) is 4.72. The SMILES string of the molecule is CCOc1ccc(C2Cn3nnc(-c4nc(-c5ccccc5F)no4)c3CO2)cc1. The highest BCUT2D eigenvalue weighted by atomic mass is 19.1. The van der Waals surface area contributed by atoms with E-state index >= 15 is 0 Å². The number of hydrogen-bond donors (Lipinski definition) is 0. The van der Waals surface area contributed by atoms with Crippen molar-refractivity contribution in [2.75, 3.05) is 6.61 Å². The normalized spacial score (nSPS) is 15.7. The maximum Gasteiger partial charge on any atom is 0.280 e. The zero-order chi connectivity index (χ0) is 20.5. The maximum atomic E-state index is 14.0. The van der Waals surface area contributed by atoms with Crippen molar-refractivity contribution in [2.45, 2.75) is 26.2 Å². The molecule has 152 valence electrons. The molecule has 0 aliphatic carbocycles. The summed E-state index contributed by atoms with van der Waals surface area (Å²) in [7, 11) is 0.